The van der Waals surface area contributed by atoms with Crippen LogP contribution in [-0.2, 0) is 10.0 Å². The van der Waals surface area contributed by atoms with Gasteiger partial charge in [-0.3, -0.25) is 14.4 Å². The molecule has 0 aromatic heterocycles. The van der Waals surface area contributed by atoms with E-state index < -0.39 is 20.6 Å². The van der Waals surface area contributed by atoms with Gasteiger partial charge in [-0.1, -0.05) is 0 Å². The van der Waals surface area contributed by atoms with Gasteiger partial charge in [0.1, 0.15) is 0 Å². The van der Waals surface area contributed by atoms with Gasteiger partial charge in [-0.15, -0.1) is 0 Å². The number of hydrogen-bond donors (Lipinski definition) is 0. The number of rotatable bonds is 8. The van der Waals surface area contributed by atoms with Crippen molar-refractivity contribution < 1.29 is 32.3 Å². The third kappa shape index (κ3) is 3.74. The van der Waals surface area contributed by atoms with E-state index in [9.17, 15) is 18.5 Å². The fourth-order valence-corrected chi connectivity index (χ4v) is 3.72. The van der Waals surface area contributed by atoms with Crippen LogP contribution in [0.3, 0.4) is 0 Å². The second kappa shape index (κ2) is 8.21. The van der Waals surface area contributed by atoms with Gasteiger partial charge in [-0.2, -0.15) is 0 Å². The average Bonchev–Trinajstić information content (AvgIpc) is 2.71. The van der Waals surface area contributed by atoms with Gasteiger partial charge in [0, 0.05) is 25.2 Å². The lowest BCUT2D eigenvalue weighted by molar-refractivity contribution is -0.386. The Hall–Kier alpha value is -3.21. The molecule has 0 aliphatic carbocycles. The van der Waals surface area contributed by atoms with Gasteiger partial charge in [0.2, 0.25) is 5.75 Å². The maximum Gasteiger partial charge on any atom is 0.312 e. The first kappa shape index (κ1) is 21.1. The highest BCUT2D eigenvalue weighted by Gasteiger charge is 2.27. The minimum atomic E-state index is -4.12. The van der Waals surface area contributed by atoms with E-state index in [1.54, 1.807) is 0 Å². The largest absolute Gasteiger partial charge is 0.493 e. The number of nitrogens with zero attached hydrogens (tertiary/aromatic N) is 2. The van der Waals surface area contributed by atoms with E-state index in [0.29, 0.717) is 5.75 Å². The first-order valence-corrected chi connectivity index (χ1v) is 9.26. The van der Waals surface area contributed by atoms with Gasteiger partial charge in [0.05, 0.1) is 43.9 Å². The number of benzene rings is 2. The lowest BCUT2D eigenvalue weighted by Crippen LogP contribution is -2.26. The van der Waals surface area contributed by atoms with E-state index in [-0.39, 0.29) is 27.8 Å². The Balaban J connectivity index is 2.58. The molecule has 0 aliphatic rings. The average molecular weight is 412 g/mol. The Labute approximate surface area is 162 Å². The molecule has 152 valence electrons. The van der Waals surface area contributed by atoms with Gasteiger partial charge < -0.3 is 18.9 Å². The van der Waals surface area contributed by atoms with E-state index in [1.165, 1.54) is 59.8 Å². The van der Waals surface area contributed by atoms with Crippen LogP contribution in [0.25, 0.3) is 0 Å². The zero-order chi connectivity index (χ0) is 21.1. The zero-order valence-electron chi connectivity index (χ0n) is 16.0. The molecule has 28 heavy (non-hydrogen) atoms. The summed E-state index contributed by atoms with van der Waals surface area (Å²) in [7, 11) is 2.69. The van der Waals surface area contributed by atoms with E-state index in [0.717, 1.165) is 10.4 Å². The normalized spacial score (nSPS) is 10.9. The zero-order valence-corrected chi connectivity index (χ0v) is 16.8. The van der Waals surface area contributed by atoms with Crippen molar-refractivity contribution in [2.24, 2.45) is 0 Å². The summed E-state index contributed by atoms with van der Waals surface area (Å²) >= 11 is 0. The smallest absolute Gasteiger partial charge is 0.312 e. The number of nitro groups is 1. The number of nitro benzene ring substituents is 1. The number of hydrogen-bond acceptors (Lipinski definition) is 8. The van der Waals surface area contributed by atoms with Gasteiger partial charge in [-0.25, -0.2) is 8.42 Å². The fourth-order valence-electron chi connectivity index (χ4n) is 2.52. The van der Waals surface area contributed by atoms with Crippen LogP contribution >= 0.6 is 0 Å². The van der Waals surface area contributed by atoms with E-state index >= 15 is 0 Å². The molecule has 0 radical (unpaired) electrons. The maximum absolute atomic E-state index is 13.0. The Morgan fingerprint density at radius 2 is 1.43 bits per heavy atom. The molecular weight excluding hydrogens is 392 g/mol. The Morgan fingerprint density at radius 1 is 0.893 bits per heavy atom. The van der Waals surface area contributed by atoms with Crippen LogP contribution < -0.4 is 23.3 Å². The summed E-state index contributed by atoms with van der Waals surface area (Å²) in [4.78, 5) is 10.2. The molecule has 0 N–H and O–H groups in total. The third-order valence-electron chi connectivity index (χ3n) is 4.02. The molecule has 0 amide bonds. The molecule has 0 spiro atoms. The molecule has 0 unspecified atom stereocenters. The van der Waals surface area contributed by atoms with Crippen molar-refractivity contribution in [1.82, 2.24) is 0 Å². The molecule has 11 heteroatoms. The first-order valence-electron chi connectivity index (χ1n) is 7.82. The van der Waals surface area contributed by atoms with Crippen molar-refractivity contribution in [2.45, 2.75) is 4.90 Å². The van der Waals surface area contributed by atoms with Crippen molar-refractivity contribution in [3.63, 3.8) is 0 Å². The van der Waals surface area contributed by atoms with Crippen molar-refractivity contribution in [3.8, 4) is 23.0 Å². The maximum atomic E-state index is 13.0. The second-order valence-corrected chi connectivity index (χ2v) is 7.42. The van der Waals surface area contributed by atoms with Crippen LogP contribution in [0.2, 0.25) is 0 Å². The number of sulfonamides is 1. The van der Waals surface area contributed by atoms with Gasteiger partial charge in [-0.05, 0) is 12.1 Å². The Morgan fingerprint density at radius 3 is 1.86 bits per heavy atom. The van der Waals surface area contributed by atoms with Crippen LogP contribution in [0.15, 0.2) is 35.2 Å². The molecule has 0 aliphatic heterocycles. The second-order valence-electron chi connectivity index (χ2n) is 5.45. The summed E-state index contributed by atoms with van der Waals surface area (Å²) in [5, 5.41) is 11.2. The Bertz CT molecular complexity index is 966. The third-order valence-corrected chi connectivity index (χ3v) is 5.80. The standard InChI is InChI=1S/C17H20N2O8S/c1-18(11-8-15(25-3)17(27-5)16(9-11)26-4)28(22,23)12-6-7-14(24-2)13(10-12)19(20)21/h6-10H,1-5H3. The van der Waals surface area contributed by atoms with Crippen LogP contribution in [0, 0.1) is 10.1 Å². The highest BCUT2D eigenvalue weighted by Crippen LogP contribution is 2.42. The molecule has 2 aromatic carbocycles. The fraction of sp³-hybridized carbons (Fsp3) is 0.294. The van der Waals surface area contributed by atoms with Gasteiger partial charge >= 0.3 is 5.69 Å². The van der Waals surface area contributed by atoms with Crippen LogP contribution in [0.1, 0.15) is 0 Å². The van der Waals surface area contributed by atoms with Crippen LogP contribution in [0.4, 0.5) is 11.4 Å². The predicted molar refractivity (Wildman–Crippen MR) is 101 cm³/mol. The first-order chi connectivity index (χ1) is 13.2. The van der Waals surface area contributed by atoms with Crippen molar-refractivity contribution in [2.75, 3.05) is 39.8 Å². The van der Waals surface area contributed by atoms with Crippen molar-refractivity contribution >= 4 is 21.4 Å². The highest BCUT2D eigenvalue weighted by atomic mass is 32.2. The van der Waals surface area contributed by atoms with Crippen LogP contribution in [-0.4, -0.2) is 48.8 Å². The van der Waals surface area contributed by atoms with Crippen molar-refractivity contribution in [3.05, 3.63) is 40.4 Å². The minimum Gasteiger partial charge on any atom is -0.493 e. The number of ether oxygens (including phenoxy) is 4. The molecule has 2 rings (SSSR count). The number of anilines is 1. The molecule has 0 saturated heterocycles. The molecule has 0 atom stereocenters. The Kier molecular flexibility index (Phi) is 6.19. The topological polar surface area (TPSA) is 117 Å². The predicted octanol–water partition coefficient (Wildman–Crippen LogP) is 2.45. The molecule has 10 nitrogen and oxygen atoms in total. The minimum absolute atomic E-state index is 0.0422. The number of methoxy groups -OCH3 is 4. The van der Waals surface area contributed by atoms with Crippen LogP contribution in [0.5, 0.6) is 23.0 Å². The van der Waals surface area contributed by atoms with Gasteiger partial charge in [0.15, 0.2) is 17.2 Å². The van der Waals surface area contributed by atoms with E-state index in [1.807, 2.05) is 0 Å². The molecular formula is C17H20N2O8S. The monoisotopic (exact) mass is 412 g/mol. The molecule has 2 aromatic rings. The summed E-state index contributed by atoms with van der Waals surface area (Å²) in [6.07, 6.45) is 0. The molecule has 0 bridgehead atoms. The van der Waals surface area contributed by atoms with E-state index in [4.69, 9.17) is 18.9 Å². The molecule has 0 saturated carbocycles. The summed E-state index contributed by atoms with van der Waals surface area (Å²) in [5.74, 6) is 0.790. The SMILES string of the molecule is COc1ccc(S(=O)(=O)N(C)c2cc(OC)c(OC)c(OC)c2)cc1[N+](=O)[O-]. The highest BCUT2D eigenvalue weighted by molar-refractivity contribution is 7.92. The summed E-state index contributed by atoms with van der Waals surface area (Å²) in [6, 6.07) is 6.32. The van der Waals surface area contributed by atoms with Crippen molar-refractivity contribution in [1.29, 1.82) is 0 Å². The lowest BCUT2D eigenvalue weighted by Gasteiger charge is -2.22. The lowest BCUT2D eigenvalue weighted by atomic mass is 10.2. The quantitative estimate of drug-likeness (QED) is 0.479. The summed E-state index contributed by atoms with van der Waals surface area (Å²) in [5.41, 5.74) is -0.241. The molecule has 0 heterocycles. The molecule has 0 fully saturated rings. The van der Waals surface area contributed by atoms with Gasteiger partial charge in [0.25, 0.3) is 10.0 Å². The summed E-state index contributed by atoms with van der Waals surface area (Å²) < 4.78 is 47.6. The summed E-state index contributed by atoms with van der Waals surface area (Å²) in [6.45, 7) is 0. The van der Waals surface area contributed by atoms with E-state index in [2.05, 4.69) is 0 Å².